The van der Waals surface area contributed by atoms with Crippen molar-refractivity contribution in [3.8, 4) is 11.5 Å². The van der Waals surface area contributed by atoms with Crippen molar-refractivity contribution in [2.24, 2.45) is 9.98 Å². The molecular weight excluding hydrogens is 667 g/mol. The first-order valence-corrected chi connectivity index (χ1v) is 19.1. The van der Waals surface area contributed by atoms with Crippen molar-refractivity contribution < 1.29 is 9.47 Å². The summed E-state index contributed by atoms with van der Waals surface area (Å²) in [6.07, 6.45) is 15.7. The number of pyridine rings is 1. The van der Waals surface area contributed by atoms with Crippen molar-refractivity contribution in [2.75, 3.05) is 13.7 Å². The number of hydrogen-bond donors (Lipinski definition) is 2. The smallest absolute Gasteiger partial charge is 0.177 e. The van der Waals surface area contributed by atoms with Crippen LogP contribution in [0.2, 0.25) is 0 Å². The van der Waals surface area contributed by atoms with Crippen LogP contribution in [0.1, 0.15) is 107 Å². The minimum Gasteiger partial charge on any atom is -0.493 e. The normalized spacial score (nSPS) is 15.4. The lowest BCUT2D eigenvalue weighted by molar-refractivity contribution is 0.200. The molecule has 2 aliphatic rings. The summed E-state index contributed by atoms with van der Waals surface area (Å²) in [5, 5.41) is 0. The summed E-state index contributed by atoms with van der Waals surface area (Å²) < 4.78 is 16.0. The number of aromatic amines is 2. The molecular formula is C40H51N11O2. The summed E-state index contributed by atoms with van der Waals surface area (Å²) in [4.78, 5) is 38.9. The van der Waals surface area contributed by atoms with Gasteiger partial charge in [-0.05, 0) is 87.3 Å². The number of imidazole rings is 2. The lowest BCUT2D eigenvalue weighted by Gasteiger charge is -2.17. The monoisotopic (exact) mass is 717 g/mol. The number of hydrogen-bond acceptors (Lipinski definition) is 9. The third-order valence-electron chi connectivity index (χ3n) is 9.66. The lowest BCUT2D eigenvalue weighted by atomic mass is 10.2. The van der Waals surface area contributed by atoms with Crippen LogP contribution in [0.5, 0.6) is 11.5 Å². The van der Waals surface area contributed by atoms with E-state index in [9.17, 15) is 0 Å². The fourth-order valence-electron chi connectivity index (χ4n) is 6.66. The van der Waals surface area contributed by atoms with Crippen molar-refractivity contribution in [3.05, 3.63) is 89.1 Å². The van der Waals surface area contributed by atoms with E-state index in [0.29, 0.717) is 37.0 Å². The molecule has 0 bridgehead atoms. The number of rotatable bonds is 12. The summed E-state index contributed by atoms with van der Waals surface area (Å²) in [6.45, 7) is 11.3. The molecule has 5 aromatic heterocycles. The van der Waals surface area contributed by atoms with Gasteiger partial charge in [-0.3, -0.25) is 15.0 Å². The molecule has 278 valence electrons. The van der Waals surface area contributed by atoms with Gasteiger partial charge in [0.2, 0.25) is 0 Å². The van der Waals surface area contributed by atoms with E-state index < -0.39 is 0 Å². The van der Waals surface area contributed by atoms with E-state index in [1.807, 2.05) is 37.8 Å². The fourth-order valence-corrected chi connectivity index (χ4v) is 6.66. The highest BCUT2D eigenvalue weighted by Gasteiger charge is 2.27. The SMILES string of the molecule is CCCn1cnc(=NCc2ccncc2)c2[nH]c(C3CC3)nc21.CCN=c1ncn(Cc2ccc(OC)c(OC3CCCC3)c2)c2nc(C(C)C)[nH]c12. The highest BCUT2D eigenvalue weighted by Crippen LogP contribution is 2.38. The van der Waals surface area contributed by atoms with E-state index in [4.69, 9.17) is 19.4 Å². The Morgan fingerprint density at radius 1 is 0.830 bits per heavy atom. The number of nitrogens with one attached hydrogen (secondary N) is 2. The van der Waals surface area contributed by atoms with E-state index in [2.05, 4.69) is 76.9 Å². The molecule has 2 aliphatic carbocycles. The molecule has 8 rings (SSSR count). The minimum atomic E-state index is 0.282. The second-order valence-corrected chi connectivity index (χ2v) is 14.2. The van der Waals surface area contributed by atoms with Gasteiger partial charge >= 0.3 is 0 Å². The summed E-state index contributed by atoms with van der Waals surface area (Å²) in [7, 11) is 1.69. The van der Waals surface area contributed by atoms with E-state index in [1.165, 1.54) is 25.7 Å². The fraction of sp³-hybridized carbons (Fsp3) is 0.475. The first-order chi connectivity index (χ1) is 25.9. The maximum Gasteiger partial charge on any atom is 0.177 e. The van der Waals surface area contributed by atoms with Crippen molar-refractivity contribution in [1.82, 2.24) is 44.0 Å². The molecule has 0 saturated heterocycles. The molecule has 0 spiro atoms. The minimum absolute atomic E-state index is 0.282. The molecule has 13 heteroatoms. The van der Waals surface area contributed by atoms with Gasteiger partial charge in [0.05, 0.1) is 39.0 Å². The predicted molar refractivity (Wildman–Crippen MR) is 205 cm³/mol. The Kier molecular flexibility index (Phi) is 11.3. The standard InChI is InChI=1S/C23H31N5O2.C17H20N6/c1-5-24-22-20-23(27-21(26-20)15(2)3)28(14-25-22)13-16-10-11-18(29-4)19(12-16)30-17-8-6-7-9-17;1-2-9-23-11-20-16(19-10-12-5-7-18-8-6-12)14-17(23)22-15(21-14)13-3-4-13/h10-12,14-15,17H,5-9,13H2,1-4H3,(H,26,27);5-8,11,13H,2-4,9-10H2,1H3,(H,21,22). The third-order valence-corrected chi connectivity index (χ3v) is 9.66. The Hall–Kier alpha value is -5.33. The van der Waals surface area contributed by atoms with Crippen molar-refractivity contribution in [2.45, 2.75) is 110 Å². The van der Waals surface area contributed by atoms with Gasteiger partial charge in [0, 0.05) is 37.3 Å². The van der Waals surface area contributed by atoms with Gasteiger partial charge in [-0.25, -0.2) is 19.9 Å². The number of nitrogens with zero attached hydrogens (tertiary/aromatic N) is 9. The number of H-pyrrole nitrogens is 2. The van der Waals surface area contributed by atoms with Crippen molar-refractivity contribution >= 4 is 22.3 Å². The molecule has 2 fully saturated rings. The molecule has 13 nitrogen and oxygen atoms in total. The summed E-state index contributed by atoms with van der Waals surface area (Å²) in [6, 6.07) is 10.1. The number of aromatic nitrogens is 9. The van der Waals surface area contributed by atoms with Crippen LogP contribution in [0.15, 0.2) is 65.4 Å². The highest BCUT2D eigenvalue weighted by atomic mass is 16.5. The maximum absolute atomic E-state index is 6.26. The van der Waals surface area contributed by atoms with E-state index in [1.54, 1.807) is 19.5 Å². The topological polar surface area (TPSA) is 149 Å². The Morgan fingerprint density at radius 2 is 1.55 bits per heavy atom. The molecule has 0 aliphatic heterocycles. The van der Waals surface area contributed by atoms with E-state index in [0.717, 1.165) is 87.9 Å². The first-order valence-electron chi connectivity index (χ1n) is 19.1. The van der Waals surface area contributed by atoms with Gasteiger partial charge in [0.25, 0.3) is 0 Å². The molecule has 0 amide bonds. The van der Waals surface area contributed by atoms with Crippen LogP contribution in [0.4, 0.5) is 0 Å². The third kappa shape index (κ3) is 8.50. The first kappa shape index (κ1) is 36.0. The maximum atomic E-state index is 6.26. The van der Waals surface area contributed by atoms with Gasteiger partial charge in [0.1, 0.15) is 22.7 Å². The molecule has 0 radical (unpaired) electrons. The van der Waals surface area contributed by atoms with Crippen molar-refractivity contribution in [3.63, 3.8) is 0 Å². The highest BCUT2D eigenvalue weighted by molar-refractivity contribution is 5.70. The van der Waals surface area contributed by atoms with Crippen LogP contribution in [0.25, 0.3) is 22.3 Å². The Morgan fingerprint density at radius 3 is 2.25 bits per heavy atom. The summed E-state index contributed by atoms with van der Waals surface area (Å²) in [5.41, 5.74) is 7.38. The number of methoxy groups -OCH3 is 1. The zero-order chi connectivity index (χ0) is 36.7. The number of fused-ring (bicyclic) bond motifs is 2. The number of benzene rings is 1. The molecule has 5 heterocycles. The summed E-state index contributed by atoms with van der Waals surface area (Å²) >= 11 is 0. The van der Waals surface area contributed by atoms with Crippen LogP contribution < -0.4 is 20.4 Å². The molecule has 0 atom stereocenters. The average molecular weight is 718 g/mol. The largest absolute Gasteiger partial charge is 0.493 e. The van der Waals surface area contributed by atoms with Gasteiger partial charge in [-0.1, -0.05) is 26.8 Å². The zero-order valence-corrected chi connectivity index (χ0v) is 31.5. The van der Waals surface area contributed by atoms with Gasteiger partial charge in [-0.2, -0.15) is 0 Å². The van der Waals surface area contributed by atoms with Crippen LogP contribution in [0, 0.1) is 0 Å². The quantitative estimate of drug-likeness (QED) is 0.143. The van der Waals surface area contributed by atoms with E-state index in [-0.39, 0.29) is 6.10 Å². The van der Waals surface area contributed by atoms with Crippen LogP contribution >= 0.6 is 0 Å². The molecule has 53 heavy (non-hydrogen) atoms. The average Bonchev–Trinajstić information content (AvgIpc) is 3.50. The van der Waals surface area contributed by atoms with E-state index >= 15 is 0 Å². The molecule has 2 saturated carbocycles. The second-order valence-electron chi connectivity index (χ2n) is 14.2. The van der Waals surface area contributed by atoms with Gasteiger partial charge < -0.3 is 28.6 Å². The number of ether oxygens (including phenoxy) is 2. The zero-order valence-electron chi connectivity index (χ0n) is 31.5. The second kappa shape index (κ2) is 16.6. The molecule has 6 aromatic rings. The number of aryl methyl sites for hydroxylation is 1. The van der Waals surface area contributed by atoms with Gasteiger partial charge in [-0.15, -0.1) is 0 Å². The Bertz CT molecular complexity index is 2270. The van der Waals surface area contributed by atoms with Gasteiger partial charge in [0.15, 0.2) is 33.8 Å². The Balaban J connectivity index is 0.000000170. The summed E-state index contributed by atoms with van der Waals surface area (Å²) in [5.74, 6) is 4.50. The molecule has 0 unspecified atom stereocenters. The van der Waals surface area contributed by atoms with Crippen molar-refractivity contribution in [1.29, 1.82) is 0 Å². The van der Waals surface area contributed by atoms with Crippen LogP contribution in [0.3, 0.4) is 0 Å². The molecule has 2 N–H and O–H groups in total. The lowest BCUT2D eigenvalue weighted by Crippen LogP contribution is -2.15. The van der Waals surface area contributed by atoms with Crippen LogP contribution in [-0.2, 0) is 19.6 Å². The predicted octanol–water partition coefficient (Wildman–Crippen LogP) is 6.72. The Labute approximate surface area is 309 Å². The van der Waals surface area contributed by atoms with Crippen LogP contribution in [-0.4, -0.2) is 63.8 Å². The molecule has 1 aromatic carbocycles.